The van der Waals surface area contributed by atoms with E-state index in [1.54, 1.807) is 0 Å². The van der Waals surface area contributed by atoms with Crippen LogP contribution in [0.15, 0.2) is 0 Å². The second-order valence-electron chi connectivity index (χ2n) is 5.17. The summed E-state index contributed by atoms with van der Waals surface area (Å²) in [7, 11) is 0. The van der Waals surface area contributed by atoms with Crippen molar-refractivity contribution in [3.05, 3.63) is 0 Å². The molecule has 0 aromatic heterocycles. The van der Waals surface area contributed by atoms with Gasteiger partial charge in [-0.15, -0.1) is 0 Å². The van der Waals surface area contributed by atoms with Crippen LogP contribution >= 0.6 is 0 Å². The quantitative estimate of drug-likeness (QED) is 0.740. The number of hydrogen-bond donors (Lipinski definition) is 2. The van der Waals surface area contributed by atoms with Crippen LogP contribution in [0.1, 0.15) is 44.9 Å². The van der Waals surface area contributed by atoms with Gasteiger partial charge in [-0.25, -0.2) is 0 Å². The topological polar surface area (TPSA) is 55.1 Å². The lowest BCUT2D eigenvalue weighted by atomic mass is 9.84. The van der Waals surface area contributed by atoms with Gasteiger partial charge in [0, 0.05) is 18.5 Å². The van der Waals surface area contributed by atoms with E-state index >= 15 is 0 Å². The van der Waals surface area contributed by atoms with Crippen LogP contribution in [0.25, 0.3) is 0 Å². The van der Waals surface area contributed by atoms with Crippen molar-refractivity contribution in [3.8, 4) is 0 Å². The summed E-state index contributed by atoms with van der Waals surface area (Å²) in [6.45, 7) is 0.893. The lowest BCUT2D eigenvalue weighted by Crippen LogP contribution is -2.40. The minimum atomic E-state index is 0.189. The first-order valence-corrected chi connectivity index (χ1v) is 6.29. The standard InChI is InChI=1S/C12H22N2O/c13-11-6-2-5-10(7-11)12(15)14-8-9-3-1-4-9/h9-11H,1-8,13H2,(H,14,15). The van der Waals surface area contributed by atoms with Crippen LogP contribution < -0.4 is 11.1 Å². The lowest BCUT2D eigenvalue weighted by Gasteiger charge is -2.29. The van der Waals surface area contributed by atoms with E-state index in [4.69, 9.17) is 5.73 Å². The fraction of sp³-hybridized carbons (Fsp3) is 0.917. The molecule has 0 bridgehead atoms. The van der Waals surface area contributed by atoms with Gasteiger partial charge in [-0.3, -0.25) is 4.79 Å². The van der Waals surface area contributed by atoms with Crippen LogP contribution in [0, 0.1) is 11.8 Å². The highest BCUT2D eigenvalue weighted by Crippen LogP contribution is 2.26. The van der Waals surface area contributed by atoms with Crippen LogP contribution in [0.2, 0.25) is 0 Å². The van der Waals surface area contributed by atoms with Crippen molar-refractivity contribution in [2.45, 2.75) is 51.0 Å². The largest absolute Gasteiger partial charge is 0.356 e. The summed E-state index contributed by atoms with van der Waals surface area (Å²) in [5.74, 6) is 1.19. The van der Waals surface area contributed by atoms with Gasteiger partial charge in [-0.05, 0) is 38.0 Å². The SMILES string of the molecule is NC1CCCC(C(=O)NCC2CCC2)C1. The lowest BCUT2D eigenvalue weighted by molar-refractivity contribution is -0.126. The number of carbonyl (C=O) groups excluding carboxylic acids is 1. The zero-order valence-corrected chi connectivity index (χ0v) is 9.37. The molecule has 0 aromatic carbocycles. The van der Waals surface area contributed by atoms with Crippen molar-refractivity contribution in [1.29, 1.82) is 0 Å². The molecule has 15 heavy (non-hydrogen) atoms. The van der Waals surface area contributed by atoms with Crippen LogP contribution in [0.4, 0.5) is 0 Å². The van der Waals surface area contributed by atoms with E-state index in [9.17, 15) is 4.79 Å². The third-order valence-electron chi connectivity index (χ3n) is 3.88. The Labute approximate surface area is 91.8 Å². The van der Waals surface area contributed by atoms with E-state index in [2.05, 4.69) is 5.32 Å². The van der Waals surface area contributed by atoms with Crippen molar-refractivity contribution >= 4 is 5.91 Å². The number of nitrogens with two attached hydrogens (primary N) is 1. The van der Waals surface area contributed by atoms with Gasteiger partial charge in [0.25, 0.3) is 0 Å². The third-order valence-corrected chi connectivity index (χ3v) is 3.88. The predicted octanol–water partition coefficient (Wildman–Crippen LogP) is 1.42. The van der Waals surface area contributed by atoms with Crippen molar-refractivity contribution in [3.63, 3.8) is 0 Å². The maximum Gasteiger partial charge on any atom is 0.223 e. The second-order valence-corrected chi connectivity index (χ2v) is 5.17. The fourth-order valence-corrected chi connectivity index (χ4v) is 2.55. The van der Waals surface area contributed by atoms with Crippen LogP contribution in [0.5, 0.6) is 0 Å². The molecule has 2 aliphatic carbocycles. The molecule has 2 aliphatic rings. The third kappa shape index (κ3) is 2.94. The molecule has 2 rings (SSSR count). The van der Waals surface area contributed by atoms with Gasteiger partial charge in [0.2, 0.25) is 5.91 Å². The van der Waals surface area contributed by atoms with Gasteiger partial charge in [-0.1, -0.05) is 12.8 Å². The van der Waals surface area contributed by atoms with Crippen molar-refractivity contribution in [2.75, 3.05) is 6.54 Å². The van der Waals surface area contributed by atoms with Crippen LogP contribution in [0.3, 0.4) is 0 Å². The highest BCUT2D eigenvalue weighted by atomic mass is 16.1. The molecule has 2 saturated carbocycles. The van der Waals surface area contributed by atoms with Gasteiger partial charge in [-0.2, -0.15) is 0 Å². The summed E-state index contributed by atoms with van der Waals surface area (Å²) in [6.07, 6.45) is 8.06. The average molecular weight is 210 g/mol. The summed E-state index contributed by atoms with van der Waals surface area (Å²) >= 11 is 0. The van der Waals surface area contributed by atoms with Gasteiger partial charge in [0.15, 0.2) is 0 Å². The molecule has 2 fully saturated rings. The monoisotopic (exact) mass is 210 g/mol. The highest BCUT2D eigenvalue weighted by Gasteiger charge is 2.26. The maximum atomic E-state index is 11.8. The van der Waals surface area contributed by atoms with Crippen molar-refractivity contribution in [2.24, 2.45) is 17.6 Å². The molecule has 0 aromatic rings. The van der Waals surface area contributed by atoms with E-state index in [-0.39, 0.29) is 17.9 Å². The molecule has 3 nitrogen and oxygen atoms in total. The molecule has 86 valence electrons. The predicted molar refractivity (Wildman–Crippen MR) is 60.3 cm³/mol. The summed E-state index contributed by atoms with van der Waals surface area (Å²) in [6, 6.07) is 0.248. The molecule has 3 heteroatoms. The molecule has 0 radical (unpaired) electrons. The molecule has 1 amide bonds. The Morgan fingerprint density at radius 3 is 2.53 bits per heavy atom. The first kappa shape index (κ1) is 10.9. The highest BCUT2D eigenvalue weighted by molar-refractivity contribution is 5.78. The van der Waals surface area contributed by atoms with Gasteiger partial charge in [0.05, 0.1) is 0 Å². The van der Waals surface area contributed by atoms with Crippen LogP contribution in [-0.2, 0) is 4.79 Å². The Hall–Kier alpha value is -0.570. The fourth-order valence-electron chi connectivity index (χ4n) is 2.55. The minimum Gasteiger partial charge on any atom is -0.356 e. The Balaban J connectivity index is 1.69. The Kier molecular flexibility index (Phi) is 3.62. The van der Waals surface area contributed by atoms with Gasteiger partial charge < -0.3 is 11.1 Å². The number of carbonyl (C=O) groups is 1. The molecule has 0 saturated heterocycles. The second kappa shape index (κ2) is 4.97. The molecule has 3 N–H and O–H groups in total. The number of hydrogen-bond acceptors (Lipinski definition) is 2. The minimum absolute atomic E-state index is 0.189. The summed E-state index contributed by atoms with van der Waals surface area (Å²) in [5, 5.41) is 3.08. The molecular weight excluding hydrogens is 188 g/mol. The number of nitrogens with one attached hydrogen (secondary N) is 1. The first-order valence-electron chi connectivity index (χ1n) is 6.29. The van der Waals surface area contributed by atoms with Crippen molar-refractivity contribution in [1.82, 2.24) is 5.32 Å². The molecule has 0 aliphatic heterocycles. The van der Waals surface area contributed by atoms with E-state index in [1.807, 2.05) is 0 Å². The van der Waals surface area contributed by atoms with E-state index in [0.29, 0.717) is 0 Å². The zero-order chi connectivity index (χ0) is 10.7. The van der Waals surface area contributed by atoms with Gasteiger partial charge >= 0.3 is 0 Å². The van der Waals surface area contributed by atoms with Gasteiger partial charge in [0.1, 0.15) is 0 Å². The summed E-state index contributed by atoms with van der Waals surface area (Å²) < 4.78 is 0. The average Bonchev–Trinajstić information content (AvgIpc) is 2.15. The first-order chi connectivity index (χ1) is 7.25. The normalized spacial score (nSPS) is 32.1. The zero-order valence-electron chi connectivity index (χ0n) is 9.37. The Bertz CT molecular complexity index is 226. The summed E-state index contributed by atoms with van der Waals surface area (Å²) in [4.78, 5) is 11.8. The van der Waals surface area contributed by atoms with E-state index in [1.165, 1.54) is 19.3 Å². The molecule has 2 atom stereocenters. The van der Waals surface area contributed by atoms with E-state index < -0.39 is 0 Å². The number of amides is 1. The van der Waals surface area contributed by atoms with E-state index in [0.717, 1.165) is 38.1 Å². The maximum absolute atomic E-state index is 11.8. The molecule has 0 spiro atoms. The summed E-state index contributed by atoms with van der Waals surface area (Å²) in [5.41, 5.74) is 5.88. The molecule has 0 heterocycles. The van der Waals surface area contributed by atoms with Crippen LogP contribution in [-0.4, -0.2) is 18.5 Å². The number of rotatable bonds is 3. The smallest absolute Gasteiger partial charge is 0.223 e. The van der Waals surface area contributed by atoms with Crippen molar-refractivity contribution < 1.29 is 4.79 Å². The Morgan fingerprint density at radius 1 is 1.20 bits per heavy atom. The molecular formula is C12H22N2O. The molecule has 2 unspecified atom stereocenters. The Morgan fingerprint density at radius 2 is 1.93 bits per heavy atom.